The average Bonchev–Trinajstić information content (AvgIpc) is 3.11. The van der Waals surface area contributed by atoms with E-state index < -0.39 is 42.4 Å². The van der Waals surface area contributed by atoms with Crippen molar-refractivity contribution >= 4 is 23.8 Å². The SMILES string of the molecule is NC(=O)CCC[C@H](NC(=O)NCc1nc([C@@H](N)CO)no1)C(=O)NCC(=O)O. The van der Waals surface area contributed by atoms with Crippen LogP contribution in [-0.4, -0.2) is 63.4 Å². The van der Waals surface area contributed by atoms with Crippen LogP contribution in [0.1, 0.15) is 37.0 Å². The lowest BCUT2D eigenvalue weighted by Gasteiger charge is -2.17. The molecular formula is C14H23N7O7. The molecular weight excluding hydrogens is 378 g/mol. The summed E-state index contributed by atoms with van der Waals surface area (Å²) in [6, 6.07) is -2.67. The molecule has 1 aromatic rings. The number of nitrogens with zero attached hydrogens (tertiary/aromatic N) is 2. The van der Waals surface area contributed by atoms with Crippen molar-refractivity contribution in [1.82, 2.24) is 26.1 Å². The molecule has 0 unspecified atom stereocenters. The molecule has 0 aliphatic rings. The van der Waals surface area contributed by atoms with Crippen LogP contribution in [0.25, 0.3) is 0 Å². The van der Waals surface area contributed by atoms with Gasteiger partial charge in [0.15, 0.2) is 5.82 Å². The van der Waals surface area contributed by atoms with Crippen molar-refractivity contribution in [1.29, 1.82) is 0 Å². The molecule has 9 N–H and O–H groups in total. The van der Waals surface area contributed by atoms with E-state index in [9.17, 15) is 19.2 Å². The predicted molar refractivity (Wildman–Crippen MR) is 91.2 cm³/mol. The van der Waals surface area contributed by atoms with Crippen LogP contribution in [0.15, 0.2) is 4.52 Å². The second kappa shape index (κ2) is 11.5. The molecule has 0 spiro atoms. The Hall–Kier alpha value is -3.26. The number of hydrogen-bond donors (Lipinski definition) is 7. The Kier molecular flexibility index (Phi) is 9.32. The first-order valence-corrected chi connectivity index (χ1v) is 8.24. The third-order valence-electron chi connectivity index (χ3n) is 3.36. The number of aliphatic hydroxyl groups is 1. The summed E-state index contributed by atoms with van der Waals surface area (Å²) in [6.07, 6.45) is 0.284. The molecule has 156 valence electrons. The van der Waals surface area contributed by atoms with Gasteiger partial charge in [0.25, 0.3) is 0 Å². The number of nitrogens with two attached hydrogens (primary N) is 2. The summed E-state index contributed by atoms with van der Waals surface area (Å²) in [5, 5.41) is 28.0. The Morgan fingerprint density at radius 2 is 1.93 bits per heavy atom. The number of aliphatic hydroxyl groups excluding tert-OH is 1. The summed E-state index contributed by atoms with van der Waals surface area (Å²) in [5.74, 6) is -2.45. The van der Waals surface area contributed by atoms with Crippen molar-refractivity contribution in [3.8, 4) is 0 Å². The maximum absolute atomic E-state index is 12.0. The molecule has 0 aliphatic heterocycles. The zero-order valence-corrected chi connectivity index (χ0v) is 14.9. The summed E-state index contributed by atoms with van der Waals surface area (Å²) < 4.78 is 4.86. The van der Waals surface area contributed by atoms with Crippen LogP contribution in [0.2, 0.25) is 0 Å². The van der Waals surface area contributed by atoms with Gasteiger partial charge in [-0.05, 0) is 12.8 Å². The fraction of sp³-hybridized carbons (Fsp3) is 0.571. The van der Waals surface area contributed by atoms with Crippen molar-refractivity contribution in [2.45, 2.75) is 37.9 Å². The highest BCUT2D eigenvalue weighted by molar-refractivity contribution is 5.89. The first kappa shape index (κ1) is 22.8. The van der Waals surface area contributed by atoms with Crippen LogP contribution in [0.3, 0.4) is 0 Å². The first-order valence-electron chi connectivity index (χ1n) is 8.24. The summed E-state index contributed by atoms with van der Waals surface area (Å²) in [7, 11) is 0. The van der Waals surface area contributed by atoms with Crippen LogP contribution >= 0.6 is 0 Å². The van der Waals surface area contributed by atoms with E-state index >= 15 is 0 Å². The van der Waals surface area contributed by atoms with Gasteiger partial charge in [-0.3, -0.25) is 14.4 Å². The van der Waals surface area contributed by atoms with Gasteiger partial charge in [0.05, 0.1) is 19.2 Å². The zero-order valence-electron chi connectivity index (χ0n) is 14.9. The van der Waals surface area contributed by atoms with Gasteiger partial charge in [0.1, 0.15) is 12.6 Å². The standard InChI is InChI=1S/C14H23N7O7/c15-7(6-22)12-20-10(28-21-12)4-18-14(27)19-8(2-1-3-9(16)23)13(26)17-5-11(24)25/h7-8,22H,1-6,15H2,(H2,16,23)(H,17,26)(H,24,25)(H2,18,19,27)/t7-,8-/m0/s1. The van der Waals surface area contributed by atoms with Crippen LogP contribution < -0.4 is 27.4 Å². The molecule has 14 nitrogen and oxygen atoms in total. The number of hydrogen-bond acceptors (Lipinski definition) is 9. The number of rotatable bonds is 12. The number of urea groups is 1. The molecule has 0 aromatic carbocycles. The number of nitrogens with one attached hydrogen (secondary N) is 3. The minimum absolute atomic E-state index is 0.00187. The van der Waals surface area contributed by atoms with E-state index in [1.807, 2.05) is 0 Å². The topological polar surface area (TPSA) is 236 Å². The average molecular weight is 401 g/mol. The number of carbonyl (C=O) groups is 4. The molecule has 0 radical (unpaired) electrons. The lowest BCUT2D eigenvalue weighted by Crippen LogP contribution is -2.50. The normalized spacial score (nSPS) is 12.6. The van der Waals surface area contributed by atoms with Gasteiger partial charge < -0.3 is 42.2 Å². The van der Waals surface area contributed by atoms with Gasteiger partial charge in [-0.15, -0.1) is 0 Å². The monoisotopic (exact) mass is 401 g/mol. The maximum Gasteiger partial charge on any atom is 0.322 e. The van der Waals surface area contributed by atoms with E-state index in [1.165, 1.54) is 0 Å². The summed E-state index contributed by atoms with van der Waals surface area (Å²) in [4.78, 5) is 49.3. The molecule has 0 fully saturated rings. The van der Waals surface area contributed by atoms with Crippen LogP contribution in [-0.2, 0) is 20.9 Å². The molecule has 1 rings (SSSR count). The van der Waals surface area contributed by atoms with E-state index in [1.54, 1.807) is 0 Å². The largest absolute Gasteiger partial charge is 0.480 e. The Labute approximate surface area is 159 Å². The molecule has 28 heavy (non-hydrogen) atoms. The van der Waals surface area contributed by atoms with Gasteiger partial charge in [0.2, 0.25) is 17.7 Å². The van der Waals surface area contributed by atoms with E-state index in [4.69, 9.17) is 26.2 Å². The molecule has 14 heteroatoms. The van der Waals surface area contributed by atoms with E-state index in [0.717, 1.165) is 0 Å². The van der Waals surface area contributed by atoms with Crippen molar-refractivity contribution in [2.75, 3.05) is 13.2 Å². The highest BCUT2D eigenvalue weighted by Crippen LogP contribution is 2.05. The number of primary amides is 1. The van der Waals surface area contributed by atoms with Crippen LogP contribution in [0.5, 0.6) is 0 Å². The molecule has 0 saturated heterocycles. The van der Waals surface area contributed by atoms with Crippen LogP contribution in [0, 0.1) is 0 Å². The highest BCUT2D eigenvalue weighted by atomic mass is 16.5. The van der Waals surface area contributed by atoms with Crippen molar-refractivity contribution in [3.63, 3.8) is 0 Å². The summed E-state index contributed by atoms with van der Waals surface area (Å²) >= 11 is 0. The van der Waals surface area contributed by atoms with Gasteiger partial charge in [-0.25, -0.2) is 4.79 Å². The molecule has 4 amide bonds. The fourth-order valence-electron chi connectivity index (χ4n) is 1.97. The van der Waals surface area contributed by atoms with E-state index in [0.29, 0.717) is 0 Å². The number of carboxylic acids is 1. The molecule has 2 atom stereocenters. The van der Waals surface area contributed by atoms with Crippen LogP contribution in [0.4, 0.5) is 4.79 Å². The zero-order chi connectivity index (χ0) is 21.1. The van der Waals surface area contributed by atoms with Gasteiger partial charge in [-0.1, -0.05) is 5.16 Å². The second-order valence-corrected chi connectivity index (χ2v) is 5.69. The Balaban J connectivity index is 2.58. The number of carboxylic acid groups (broad SMARTS) is 1. The van der Waals surface area contributed by atoms with E-state index in [2.05, 4.69) is 26.1 Å². The molecule has 0 aliphatic carbocycles. The third kappa shape index (κ3) is 8.41. The minimum Gasteiger partial charge on any atom is -0.480 e. The second-order valence-electron chi connectivity index (χ2n) is 5.69. The number of carbonyl (C=O) groups excluding carboxylic acids is 3. The number of aliphatic carboxylic acids is 1. The third-order valence-corrected chi connectivity index (χ3v) is 3.36. The quantitative estimate of drug-likeness (QED) is 0.188. The number of amides is 4. The molecule has 1 heterocycles. The Morgan fingerprint density at radius 1 is 1.21 bits per heavy atom. The van der Waals surface area contributed by atoms with Gasteiger partial charge in [0, 0.05) is 6.42 Å². The minimum atomic E-state index is -1.25. The maximum atomic E-state index is 12.0. The first-order chi connectivity index (χ1) is 13.2. The van der Waals surface area contributed by atoms with Gasteiger partial charge >= 0.3 is 12.0 Å². The Bertz CT molecular complexity index is 693. The molecule has 0 bridgehead atoms. The highest BCUT2D eigenvalue weighted by Gasteiger charge is 2.21. The van der Waals surface area contributed by atoms with Crippen molar-refractivity contribution in [3.05, 3.63) is 11.7 Å². The lowest BCUT2D eigenvalue weighted by molar-refractivity contribution is -0.138. The summed E-state index contributed by atoms with van der Waals surface area (Å²) in [5.41, 5.74) is 10.6. The fourth-order valence-corrected chi connectivity index (χ4v) is 1.97. The predicted octanol–water partition coefficient (Wildman–Crippen LogP) is -2.91. The lowest BCUT2D eigenvalue weighted by atomic mass is 10.1. The van der Waals surface area contributed by atoms with Crippen molar-refractivity contribution < 1.29 is 33.9 Å². The van der Waals surface area contributed by atoms with Gasteiger partial charge in [-0.2, -0.15) is 4.98 Å². The Morgan fingerprint density at radius 3 is 2.54 bits per heavy atom. The smallest absolute Gasteiger partial charge is 0.322 e. The summed E-state index contributed by atoms with van der Waals surface area (Å²) in [6.45, 7) is -1.18. The number of aromatic nitrogens is 2. The molecule has 1 aromatic heterocycles. The van der Waals surface area contributed by atoms with Crippen molar-refractivity contribution in [2.24, 2.45) is 11.5 Å². The van der Waals surface area contributed by atoms with E-state index in [-0.39, 0.29) is 44.1 Å². The molecule has 0 saturated carbocycles.